The number of aromatic nitrogens is 1. The van der Waals surface area contributed by atoms with E-state index in [-0.39, 0.29) is 0 Å². The molecular formula is C5H6ClCr2NO6. The quantitative estimate of drug-likeness (QED) is 0.723. The van der Waals surface area contributed by atoms with Gasteiger partial charge in [-0.3, -0.25) is 0 Å². The van der Waals surface area contributed by atoms with Crippen LogP contribution in [0.2, 0.25) is 0 Å². The molecule has 0 fully saturated rings. The normalized spacial score (nSPS) is 11.3. The second kappa shape index (κ2) is 6.26. The number of H-pyrrole nitrogens is 1. The summed E-state index contributed by atoms with van der Waals surface area (Å²) in [5, 5.41) is 0. The first-order chi connectivity index (χ1) is 6.71. The molecule has 10 heteroatoms. The molecule has 0 spiro atoms. The second-order valence-corrected chi connectivity index (χ2v) is 7.10. The minimum atomic E-state index is -5.89. The van der Waals surface area contributed by atoms with Gasteiger partial charge < -0.3 is 0 Å². The average molecular weight is 316 g/mol. The Hall–Kier alpha value is -0.375. The van der Waals surface area contributed by atoms with Crippen molar-refractivity contribution < 1.29 is 53.2 Å². The van der Waals surface area contributed by atoms with Gasteiger partial charge in [0.05, 0.1) is 0 Å². The van der Waals surface area contributed by atoms with E-state index in [2.05, 4.69) is 17.9 Å². The van der Waals surface area contributed by atoms with Crippen LogP contribution in [0.25, 0.3) is 0 Å². The summed E-state index contributed by atoms with van der Waals surface area (Å²) < 4.78 is 50.8. The predicted octanol–water partition coefficient (Wildman–Crippen LogP) is -0.547. The molecule has 0 aliphatic rings. The summed E-state index contributed by atoms with van der Waals surface area (Å²) in [7, 11) is 4.28. The topological polar surface area (TPSA) is 115 Å². The maximum atomic E-state index is 9.70. The maximum absolute atomic E-state index is 9.70. The van der Waals surface area contributed by atoms with E-state index in [0.29, 0.717) is 0 Å². The number of pyridine rings is 1. The van der Waals surface area contributed by atoms with Crippen LogP contribution < -0.4 is 9.14 Å². The van der Waals surface area contributed by atoms with Crippen molar-refractivity contribution in [3.05, 3.63) is 30.6 Å². The van der Waals surface area contributed by atoms with Crippen molar-refractivity contribution >= 4 is 10.0 Å². The van der Waals surface area contributed by atoms with E-state index >= 15 is 0 Å². The number of hydrogen-bond donors (Lipinski definition) is 0. The molecule has 0 saturated carbocycles. The monoisotopic (exact) mass is 315 g/mol. The Balaban J connectivity index is 0.000000280. The van der Waals surface area contributed by atoms with Gasteiger partial charge in [0.25, 0.3) is 0 Å². The van der Waals surface area contributed by atoms with E-state index in [4.69, 9.17) is 0 Å². The number of rotatable bonds is 2. The van der Waals surface area contributed by atoms with Crippen molar-refractivity contribution in [2.75, 3.05) is 0 Å². The molecule has 15 heavy (non-hydrogen) atoms. The number of nitrogens with one attached hydrogen (secondary N) is 1. The Labute approximate surface area is 93.7 Å². The molecule has 1 heterocycles. The SMILES string of the molecule is [O]=[Cr](=[O])([O-])[O][Cr](=[O])(=[O])[Cl].c1cc[nH+]cc1. The van der Waals surface area contributed by atoms with Crippen LogP contribution in [0, 0.1) is 0 Å². The van der Waals surface area contributed by atoms with Crippen LogP contribution in [0.15, 0.2) is 30.6 Å². The van der Waals surface area contributed by atoms with Gasteiger partial charge in [-0.15, -0.1) is 0 Å². The Morgan fingerprint density at radius 3 is 1.60 bits per heavy atom. The van der Waals surface area contributed by atoms with E-state index in [1.807, 2.05) is 30.6 Å². The van der Waals surface area contributed by atoms with Crippen LogP contribution in [0.3, 0.4) is 0 Å². The predicted molar refractivity (Wildman–Crippen MR) is 32.7 cm³/mol. The van der Waals surface area contributed by atoms with Gasteiger partial charge in [-0.2, -0.15) is 0 Å². The van der Waals surface area contributed by atoms with Crippen LogP contribution in [0.5, 0.6) is 0 Å². The van der Waals surface area contributed by atoms with Crippen molar-refractivity contribution in [1.82, 2.24) is 0 Å². The van der Waals surface area contributed by atoms with Crippen LogP contribution >= 0.6 is 10.0 Å². The summed E-state index contributed by atoms with van der Waals surface area (Å²) in [4.78, 5) is 2.89. The van der Waals surface area contributed by atoms with Crippen molar-refractivity contribution in [2.45, 2.75) is 0 Å². The first kappa shape index (κ1) is 14.6. The molecule has 1 rings (SSSR count). The summed E-state index contributed by atoms with van der Waals surface area (Å²) >= 11 is -11.2. The minimum Gasteiger partial charge on any atom is -0.218 e. The Kier molecular flexibility index (Phi) is 6.10. The van der Waals surface area contributed by atoms with E-state index in [1.54, 1.807) is 0 Å². The standard InChI is InChI=1S/C5H5N.ClH.2Cr.6O/c1-2-4-6-5-3-1;;;;;;;;;/h1-5H;1H;;;;;;;;/q;;;+1;;;;;;-1. The zero-order chi connectivity index (χ0) is 11.9. The molecule has 0 amide bonds. The van der Waals surface area contributed by atoms with Gasteiger partial charge in [0.15, 0.2) is 12.4 Å². The van der Waals surface area contributed by atoms with Crippen LogP contribution in [-0.2, 0) is 44.0 Å². The number of hydrogen-bond acceptors (Lipinski definition) is 6. The molecule has 7 nitrogen and oxygen atoms in total. The molecule has 1 N–H and O–H groups in total. The summed E-state index contributed by atoms with van der Waals surface area (Å²) in [5.74, 6) is 0. The molecule has 0 bridgehead atoms. The largest absolute Gasteiger partial charge is 0.218 e. The van der Waals surface area contributed by atoms with Gasteiger partial charge in [0, 0.05) is 12.1 Å². The van der Waals surface area contributed by atoms with Crippen molar-refractivity contribution in [2.24, 2.45) is 0 Å². The average Bonchev–Trinajstić information content (AvgIpc) is 2.01. The van der Waals surface area contributed by atoms with Crippen LogP contribution in [-0.4, -0.2) is 0 Å². The summed E-state index contributed by atoms with van der Waals surface area (Å²) in [6.07, 6.45) is 3.75. The molecule has 0 aliphatic carbocycles. The van der Waals surface area contributed by atoms with E-state index in [9.17, 15) is 19.4 Å². The molecule has 1 aromatic rings. The summed E-state index contributed by atoms with van der Waals surface area (Å²) in [6, 6.07) is 5.86. The number of aromatic amines is 1. The molecular weight excluding hydrogens is 310 g/mol. The molecule has 0 radical (unpaired) electrons. The smallest absolute Gasteiger partial charge is 0.166 e. The third-order valence-electron chi connectivity index (χ3n) is 0.772. The summed E-state index contributed by atoms with van der Waals surface area (Å²) in [5.41, 5.74) is 0. The van der Waals surface area contributed by atoms with Crippen LogP contribution in [0.1, 0.15) is 0 Å². The Morgan fingerprint density at radius 2 is 1.53 bits per heavy atom. The van der Waals surface area contributed by atoms with Gasteiger partial charge in [0.1, 0.15) is 0 Å². The fraction of sp³-hybridized carbons (Fsp3) is 0. The van der Waals surface area contributed by atoms with E-state index in [1.165, 1.54) is 0 Å². The molecule has 86 valence electrons. The van der Waals surface area contributed by atoms with E-state index < -0.39 is 26.0 Å². The first-order valence-corrected chi connectivity index (χ1v) is 8.63. The number of halogens is 1. The molecule has 1 aromatic heterocycles. The van der Waals surface area contributed by atoms with Crippen molar-refractivity contribution in [3.8, 4) is 0 Å². The van der Waals surface area contributed by atoms with Gasteiger partial charge in [-0.1, -0.05) is 6.07 Å². The van der Waals surface area contributed by atoms with Gasteiger partial charge >= 0.3 is 58.2 Å². The molecule has 0 saturated heterocycles. The van der Waals surface area contributed by atoms with Gasteiger partial charge in [0.2, 0.25) is 0 Å². The zero-order valence-corrected chi connectivity index (χ0v) is 10.3. The first-order valence-electron chi connectivity index (χ1n) is 3.23. The third kappa shape index (κ3) is 13.6. The fourth-order valence-electron chi connectivity index (χ4n) is 0.441. The Bertz CT molecular complexity index is 413. The minimum absolute atomic E-state index is 1.88. The molecule has 0 unspecified atom stereocenters. The Morgan fingerprint density at radius 1 is 1.07 bits per heavy atom. The maximum Gasteiger partial charge on any atom is 0.166 e. The van der Waals surface area contributed by atoms with Gasteiger partial charge in [-0.05, 0) is 0 Å². The molecule has 0 atom stereocenters. The molecule has 0 aromatic carbocycles. The third-order valence-corrected chi connectivity index (χ3v) is 4.28. The summed E-state index contributed by atoms with van der Waals surface area (Å²) in [6.45, 7) is 0. The fourth-order valence-corrected chi connectivity index (χ4v) is 3.10. The van der Waals surface area contributed by atoms with Gasteiger partial charge in [-0.25, -0.2) is 4.98 Å². The second-order valence-electron chi connectivity index (χ2n) is 1.95. The van der Waals surface area contributed by atoms with E-state index in [0.717, 1.165) is 0 Å². The zero-order valence-electron chi connectivity index (χ0n) is 7.03. The molecule has 0 aliphatic heterocycles. The van der Waals surface area contributed by atoms with Crippen LogP contribution in [0.4, 0.5) is 0 Å². The van der Waals surface area contributed by atoms with Crippen molar-refractivity contribution in [3.63, 3.8) is 0 Å². The van der Waals surface area contributed by atoms with Crippen molar-refractivity contribution in [1.29, 1.82) is 0 Å².